The molecule has 1 N–H and O–H groups in total. The first-order chi connectivity index (χ1) is 16.1. The molecule has 7 heteroatoms. The van der Waals surface area contributed by atoms with Crippen LogP contribution in [0.4, 0.5) is 11.4 Å². The lowest BCUT2D eigenvalue weighted by Crippen LogP contribution is -2.46. The van der Waals surface area contributed by atoms with E-state index in [2.05, 4.69) is 61.6 Å². The Morgan fingerprint density at radius 1 is 1.03 bits per heavy atom. The van der Waals surface area contributed by atoms with Gasteiger partial charge in [-0.2, -0.15) is 0 Å². The molecule has 6 nitrogen and oxygen atoms in total. The van der Waals surface area contributed by atoms with E-state index < -0.39 is 5.60 Å². The molecule has 2 saturated heterocycles. The SMILES string of the molecule is O=C1[C@@H](Cc2ccccc2N2CCN(CI)CC2)CCN1c1ccc(C2(O)CCCC2)nc1. The van der Waals surface area contributed by atoms with Gasteiger partial charge in [-0.3, -0.25) is 14.7 Å². The van der Waals surface area contributed by atoms with Gasteiger partial charge in [-0.25, -0.2) is 0 Å². The second-order valence-electron chi connectivity index (χ2n) is 9.67. The Labute approximate surface area is 210 Å². The van der Waals surface area contributed by atoms with Crippen molar-refractivity contribution < 1.29 is 9.90 Å². The summed E-state index contributed by atoms with van der Waals surface area (Å²) >= 11 is 2.44. The number of pyridine rings is 1. The maximum atomic E-state index is 13.3. The zero-order chi connectivity index (χ0) is 22.8. The number of amides is 1. The largest absolute Gasteiger partial charge is 0.384 e. The van der Waals surface area contributed by atoms with Gasteiger partial charge in [-0.1, -0.05) is 53.6 Å². The van der Waals surface area contributed by atoms with E-state index in [0.29, 0.717) is 0 Å². The Balaban J connectivity index is 1.26. The van der Waals surface area contributed by atoms with Gasteiger partial charge < -0.3 is 14.9 Å². The lowest BCUT2D eigenvalue weighted by molar-refractivity contribution is -0.120. The van der Waals surface area contributed by atoms with Crippen LogP contribution in [0, 0.1) is 5.92 Å². The Morgan fingerprint density at radius 2 is 1.79 bits per heavy atom. The molecule has 1 aliphatic carbocycles. The molecule has 33 heavy (non-hydrogen) atoms. The number of nitrogens with zero attached hydrogens (tertiary/aromatic N) is 4. The number of benzene rings is 1. The molecular formula is C26H33IN4O2. The van der Waals surface area contributed by atoms with Crippen molar-refractivity contribution >= 4 is 39.9 Å². The molecule has 176 valence electrons. The summed E-state index contributed by atoms with van der Waals surface area (Å²) < 4.78 is 1.08. The van der Waals surface area contributed by atoms with Crippen molar-refractivity contribution in [3.8, 4) is 0 Å². The average molecular weight is 560 g/mol. The Kier molecular flexibility index (Phi) is 6.90. The van der Waals surface area contributed by atoms with Crippen LogP contribution in [0.2, 0.25) is 0 Å². The van der Waals surface area contributed by atoms with Gasteiger partial charge in [0.15, 0.2) is 0 Å². The normalized spacial score (nSPS) is 23.5. The summed E-state index contributed by atoms with van der Waals surface area (Å²) in [4.78, 5) is 24.7. The third-order valence-corrected chi connectivity index (χ3v) is 8.59. The first-order valence-corrected chi connectivity index (χ1v) is 13.7. The van der Waals surface area contributed by atoms with E-state index in [0.717, 1.165) is 87.2 Å². The number of carbonyl (C=O) groups excluding carboxylic acids is 1. The van der Waals surface area contributed by atoms with Crippen LogP contribution in [-0.4, -0.2) is 58.2 Å². The monoisotopic (exact) mass is 560 g/mol. The minimum atomic E-state index is -0.790. The number of aliphatic hydroxyl groups is 1. The van der Waals surface area contributed by atoms with E-state index in [-0.39, 0.29) is 11.8 Å². The fourth-order valence-electron chi connectivity index (χ4n) is 5.59. The Morgan fingerprint density at radius 3 is 2.48 bits per heavy atom. The molecule has 1 amide bonds. The van der Waals surface area contributed by atoms with Gasteiger partial charge in [0.05, 0.1) is 22.1 Å². The van der Waals surface area contributed by atoms with Gasteiger partial charge in [-0.15, -0.1) is 0 Å². The van der Waals surface area contributed by atoms with E-state index in [9.17, 15) is 9.90 Å². The van der Waals surface area contributed by atoms with Crippen LogP contribution < -0.4 is 9.80 Å². The van der Waals surface area contributed by atoms with Crippen molar-refractivity contribution in [2.45, 2.75) is 44.1 Å². The molecule has 1 aromatic carbocycles. The number of halogens is 1. The first kappa shape index (κ1) is 23.1. The number of para-hydroxylation sites is 1. The van der Waals surface area contributed by atoms with Crippen LogP contribution in [0.5, 0.6) is 0 Å². The van der Waals surface area contributed by atoms with Crippen LogP contribution in [0.1, 0.15) is 43.4 Å². The summed E-state index contributed by atoms with van der Waals surface area (Å²) in [5.74, 6) is 0.189. The zero-order valence-electron chi connectivity index (χ0n) is 19.1. The second kappa shape index (κ2) is 9.88. The number of aromatic nitrogens is 1. The highest BCUT2D eigenvalue weighted by molar-refractivity contribution is 14.1. The van der Waals surface area contributed by atoms with Crippen LogP contribution in [0.3, 0.4) is 0 Å². The van der Waals surface area contributed by atoms with Gasteiger partial charge in [0.2, 0.25) is 5.91 Å². The van der Waals surface area contributed by atoms with Crippen LogP contribution in [-0.2, 0) is 16.8 Å². The van der Waals surface area contributed by atoms with Crippen molar-refractivity contribution in [2.75, 3.05) is 47.1 Å². The van der Waals surface area contributed by atoms with Crippen LogP contribution >= 0.6 is 22.6 Å². The molecule has 1 aromatic heterocycles. The quantitative estimate of drug-likeness (QED) is 0.330. The zero-order valence-corrected chi connectivity index (χ0v) is 21.3. The van der Waals surface area contributed by atoms with Crippen LogP contribution in [0.25, 0.3) is 0 Å². The van der Waals surface area contributed by atoms with Crippen LogP contribution in [0.15, 0.2) is 42.6 Å². The summed E-state index contributed by atoms with van der Waals surface area (Å²) in [6.07, 6.45) is 7.05. The van der Waals surface area contributed by atoms with Crippen molar-refractivity contribution in [1.82, 2.24) is 9.88 Å². The molecule has 2 aliphatic heterocycles. The first-order valence-electron chi connectivity index (χ1n) is 12.2. The van der Waals surface area contributed by atoms with Gasteiger partial charge in [0, 0.05) is 44.3 Å². The summed E-state index contributed by atoms with van der Waals surface area (Å²) in [6, 6.07) is 12.5. The number of hydrogen-bond donors (Lipinski definition) is 1. The fourth-order valence-corrected chi connectivity index (χ4v) is 6.27. The Hall–Kier alpha value is -1.71. The number of hydrogen-bond acceptors (Lipinski definition) is 5. The number of carbonyl (C=O) groups is 1. The number of piperazine rings is 1. The number of anilines is 2. The fraction of sp³-hybridized carbons (Fsp3) is 0.538. The van der Waals surface area contributed by atoms with E-state index in [1.54, 1.807) is 6.20 Å². The predicted octanol–water partition coefficient (Wildman–Crippen LogP) is 3.95. The highest BCUT2D eigenvalue weighted by Crippen LogP contribution is 2.38. The van der Waals surface area contributed by atoms with Crippen molar-refractivity contribution in [2.24, 2.45) is 5.92 Å². The minimum Gasteiger partial charge on any atom is -0.384 e. The lowest BCUT2D eigenvalue weighted by Gasteiger charge is -2.36. The summed E-state index contributed by atoms with van der Waals surface area (Å²) in [7, 11) is 0. The summed E-state index contributed by atoms with van der Waals surface area (Å²) in [5, 5.41) is 10.8. The third kappa shape index (κ3) is 4.77. The van der Waals surface area contributed by atoms with Gasteiger partial charge >= 0.3 is 0 Å². The molecule has 0 bridgehead atoms. The highest BCUT2D eigenvalue weighted by Gasteiger charge is 2.36. The Bertz CT molecular complexity index is 969. The average Bonchev–Trinajstić information content (AvgIpc) is 3.46. The van der Waals surface area contributed by atoms with E-state index >= 15 is 0 Å². The molecule has 0 spiro atoms. The standard InChI is InChI=1S/C26H33IN4O2/c27-19-29-13-15-30(16-14-29)23-6-2-1-5-20(23)17-21-9-12-31(25(21)32)22-7-8-24(28-18-22)26(33)10-3-4-11-26/h1-2,5-8,18,21,33H,3-4,9-17,19H2/t21-/m1/s1. The van der Waals surface area contributed by atoms with E-state index in [1.165, 1.54) is 11.3 Å². The van der Waals surface area contributed by atoms with Gasteiger partial charge in [0.25, 0.3) is 0 Å². The summed E-state index contributed by atoms with van der Waals surface area (Å²) in [5.41, 5.74) is 3.35. The van der Waals surface area contributed by atoms with E-state index in [4.69, 9.17) is 0 Å². The lowest BCUT2D eigenvalue weighted by atomic mass is 9.96. The molecule has 0 unspecified atom stereocenters. The maximum absolute atomic E-state index is 13.3. The number of rotatable bonds is 6. The third-order valence-electron chi connectivity index (χ3n) is 7.62. The minimum absolute atomic E-state index is 0.000442. The smallest absolute Gasteiger partial charge is 0.230 e. The van der Waals surface area contributed by atoms with Crippen molar-refractivity contribution in [1.29, 1.82) is 0 Å². The molecule has 1 atom stereocenters. The molecule has 0 radical (unpaired) electrons. The summed E-state index contributed by atoms with van der Waals surface area (Å²) in [6.45, 7) is 4.98. The predicted molar refractivity (Wildman–Crippen MR) is 140 cm³/mol. The molecule has 3 aliphatic rings. The van der Waals surface area contributed by atoms with Gasteiger partial charge in [-0.05, 0) is 49.4 Å². The van der Waals surface area contributed by atoms with Crippen molar-refractivity contribution in [3.63, 3.8) is 0 Å². The van der Waals surface area contributed by atoms with Gasteiger partial charge in [0.1, 0.15) is 5.60 Å². The molecule has 1 saturated carbocycles. The molecule has 5 rings (SSSR count). The van der Waals surface area contributed by atoms with Crippen molar-refractivity contribution in [3.05, 3.63) is 53.9 Å². The maximum Gasteiger partial charge on any atom is 0.230 e. The molecule has 3 heterocycles. The number of alkyl halides is 1. The highest BCUT2D eigenvalue weighted by atomic mass is 127. The second-order valence-corrected chi connectivity index (χ2v) is 10.4. The molecular weight excluding hydrogens is 527 g/mol. The topological polar surface area (TPSA) is 59.9 Å². The van der Waals surface area contributed by atoms with E-state index in [1.807, 2.05) is 17.0 Å². The molecule has 2 aromatic rings. The molecule has 3 fully saturated rings.